The van der Waals surface area contributed by atoms with Crippen LogP contribution in [0.5, 0.6) is 0 Å². The summed E-state index contributed by atoms with van der Waals surface area (Å²) in [7, 11) is 0. The van der Waals surface area contributed by atoms with E-state index in [4.69, 9.17) is 11.6 Å². The van der Waals surface area contributed by atoms with E-state index in [0.717, 1.165) is 6.29 Å². The number of likely N-dealkylation sites (tertiary alicyclic amines) is 1. The maximum Gasteiger partial charge on any atom is 0.210 e. The van der Waals surface area contributed by atoms with Gasteiger partial charge in [0.2, 0.25) is 6.41 Å². The molecule has 3 nitrogen and oxygen atoms in total. The summed E-state index contributed by atoms with van der Waals surface area (Å²) in [6.07, 6.45) is 2.02. The van der Waals surface area contributed by atoms with Crippen LogP contribution in [0.4, 0.5) is 0 Å². The molecule has 0 radical (unpaired) electrons. The highest BCUT2D eigenvalue weighted by Crippen LogP contribution is 2.18. The summed E-state index contributed by atoms with van der Waals surface area (Å²) >= 11 is 5.70. The molecule has 1 saturated heterocycles. The molecule has 1 rings (SSSR count). The largest absolute Gasteiger partial charge is 0.334 e. The second kappa shape index (κ2) is 3.01. The van der Waals surface area contributed by atoms with E-state index in [0.29, 0.717) is 19.4 Å². The SMILES string of the molecule is O=CC1CC(Cl)CN1C=O. The number of nitrogens with zero attached hydrogens (tertiary/aromatic N) is 1. The van der Waals surface area contributed by atoms with Crippen molar-refractivity contribution in [1.82, 2.24) is 4.90 Å². The molecule has 1 aliphatic rings. The Labute approximate surface area is 63.9 Å². The van der Waals surface area contributed by atoms with Gasteiger partial charge in [-0.3, -0.25) is 4.79 Å². The van der Waals surface area contributed by atoms with E-state index in [1.165, 1.54) is 4.90 Å². The molecule has 1 amide bonds. The van der Waals surface area contributed by atoms with Crippen LogP contribution in [0.1, 0.15) is 6.42 Å². The Morgan fingerprint density at radius 3 is 2.60 bits per heavy atom. The number of carbonyl (C=O) groups is 2. The third kappa shape index (κ3) is 1.29. The minimum Gasteiger partial charge on any atom is -0.334 e. The normalized spacial score (nSPS) is 32.3. The Kier molecular flexibility index (Phi) is 2.27. The van der Waals surface area contributed by atoms with Crippen LogP contribution in [-0.4, -0.2) is 35.6 Å². The van der Waals surface area contributed by atoms with Crippen LogP contribution < -0.4 is 0 Å². The number of amides is 1. The number of alkyl halides is 1. The Morgan fingerprint density at radius 1 is 1.50 bits per heavy atom. The van der Waals surface area contributed by atoms with E-state index in [1.807, 2.05) is 0 Å². The topological polar surface area (TPSA) is 37.4 Å². The maximum absolute atomic E-state index is 10.3. The van der Waals surface area contributed by atoms with E-state index in [2.05, 4.69) is 0 Å². The zero-order valence-electron chi connectivity index (χ0n) is 5.37. The number of hydrogen-bond acceptors (Lipinski definition) is 2. The Morgan fingerprint density at radius 2 is 2.20 bits per heavy atom. The number of hydrogen-bond donors (Lipinski definition) is 0. The molecule has 0 saturated carbocycles. The van der Waals surface area contributed by atoms with Gasteiger partial charge in [0.15, 0.2) is 0 Å². The van der Waals surface area contributed by atoms with E-state index in [1.54, 1.807) is 0 Å². The second-order valence-electron chi connectivity index (χ2n) is 2.34. The van der Waals surface area contributed by atoms with Gasteiger partial charge >= 0.3 is 0 Å². The van der Waals surface area contributed by atoms with Gasteiger partial charge in [0, 0.05) is 6.54 Å². The number of carbonyl (C=O) groups excluding carboxylic acids is 2. The average Bonchev–Trinajstić information content (AvgIpc) is 2.30. The summed E-state index contributed by atoms with van der Waals surface area (Å²) < 4.78 is 0. The minimum atomic E-state index is -0.292. The summed E-state index contributed by atoms with van der Waals surface area (Å²) in [5.74, 6) is 0. The highest BCUT2D eigenvalue weighted by Gasteiger charge is 2.28. The van der Waals surface area contributed by atoms with E-state index >= 15 is 0 Å². The molecule has 2 unspecified atom stereocenters. The molecule has 10 heavy (non-hydrogen) atoms. The molecule has 56 valence electrons. The highest BCUT2D eigenvalue weighted by molar-refractivity contribution is 6.21. The summed E-state index contributed by atoms with van der Waals surface area (Å²) in [5, 5.41) is -0.0552. The van der Waals surface area contributed by atoms with Crippen molar-refractivity contribution in [2.75, 3.05) is 6.54 Å². The van der Waals surface area contributed by atoms with E-state index in [9.17, 15) is 9.59 Å². The lowest BCUT2D eigenvalue weighted by Gasteiger charge is -2.11. The van der Waals surface area contributed by atoms with Gasteiger partial charge in [-0.2, -0.15) is 0 Å². The monoisotopic (exact) mass is 161 g/mol. The predicted octanol–water partition coefficient (Wildman–Crippen LogP) is 0.0234. The lowest BCUT2D eigenvalue weighted by atomic mass is 10.2. The lowest BCUT2D eigenvalue weighted by molar-refractivity contribution is -0.123. The van der Waals surface area contributed by atoms with Gasteiger partial charge in [0.25, 0.3) is 0 Å². The van der Waals surface area contributed by atoms with Gasteiger partial charge in [-0.05, 0) is 6.42 Å². The fraction of sp³-hybridized carbons (Fsp3) is 0.667. The molecule has 0 N–H and O–H groups in total. The van der Waals surface area contributed by atoms with Crippen molar-refractivity contribution in [3.05, 3.63) is 0 Å². The summed E-state index contributed by atoms with van der Waals surface area (Å²) in [4.78, 5) is 21.9. The zero-order valence-corrected chi connectivity index (χ0v) is 6.12. The highest BCUT2D eigenvalue weighted by atomic mass is 35.5. The molecule has 1 heterocycles. The van der Waals surface area contributed by atoms with Gasteiger partial charge in [0.05, 0.1) is 11.4 Å². The Hall–Kier alpha value is -0.570. The molecule has 1 fully saturated rings. The maximum atomic E-state index is 10.3. The van der Waals surface area contributed by atoms with Crippen molar-refractivity contribution < 1.29 is 9.59 Å². The molecular formula is C6H8ClNO2. The number of aldehydes is 1. The molecule has 0 bridgehead atoms. The van der Waals surface area contributed by atoms with Crippen LogP contribution in [0.25, 0.3) is 0 Å². The van der Waals surface area contributed by atoms with Crippen LogP contribution >= 0.6 is 11.6 Å². The smallest absolute Gasteiger partial charge is 0.210 e. The molecule has 4 heteroatoms. The van der Waals surface area contributed by atoms with Crippen molar-refractivity contribution in [3.8, 4) is 0 Å². The molecule has 0 aromatic carbocycles. The molecule has 0 aromatic rings. The summed E-state index contributed by atoms with van der Waals surface area (Å²) in [5.41, 5.74) is 0. The van der Waals surface area contributed by atoms with Gasteiger partial charge in [-0.25, -0.2) is 0 Å². The van der Waals surface area contributed by atoms with Crippen LogP contribution in [0.2, 0.25) is 0 Å². The lowest BCUT2D eigenvalue weighted by Crippen LogP contribution is -2.28. The van der Waals surface area contributed by atoms with Crippen molar-refractivity contribution in [3.63, 3.8) is 0 Å². The first-order chi connectivity index (χ1) is 4.77. The minimum absolute atomic E-state index is 0.0552. The number of rotatable bonds is 2. The summed E-state index contributed by atoms with van der Waals surface area (Å²) in [6.45, 7) is 0.495. The van der Waals surface area contributed by atoms with Gasteiger partial charge < -0.3 is 9.69 Å². The molecule has 0 aliphatic carbocycles. The van der Waals surface area contributed by atoms with Gasteiger partial charge in [-0.15, -0.1) is 11.6 Å². The molecule has 0 spiro atoms. The van der Waals surface area contributed by atoms with Crippen LogP contribution in [0.15, 0.2) is 0 Å². The quantitative estimate of drug-likeness (QED) is 0.423. The first-order valence-electron chi connectivity index (χ1n) is 3.08. The van der Waals surface area contributed by atoms with Crippen molar-refractivity contribution >= 4 is 24.3 Å². The van der Waals surface area contributed by atoms with Gasteiger partial charge in [-0.1, -0.05) is 0 Å². The first kappa shape index (κ1) is 7.54. The predicted molar refractivity (Wildman–Crippen MR) is 36.9 cm³/mol. The fourth-order valence-corrected chi connectivity index (χ4v) is 1.43. The standard InChI is InChI=1S/C6H8ClNO2/c7-5-1-6(3-9)8(2-5)4-10/h3-6H,1-2H2. The van der Waals surface area contributed by atoms with Crippen molar-refractivity contribution in [1.29, 1.82) is 0 Å². The molecule has 0 aromatic heterocycles. The Balaban J connectivity index is 2.56. The van der Waals surface area contributed by atoms with Crippen LogP contribution in [0, 0.1) is 0 Å². The van der Waals surface area contributed by atoms with Crippen molar-refractivity contribution in [2.24, 2.45) is 0 Å². The third-order valence-electron chi connectivity index (χ3n) is 1.62. The van der Waals surface area contributed by atoms with E-state index in [-0.39, 0.29) is 11.4 Å². The van der Waals surface area contributed by atoms with Crippen LogP contribution in [-0.2, 0) is 9.59 Å². The molecular weight excluding hydrogens is 154 g/mol. The van der Waals surface area contributed by atoms with Crippen LogP contribution in [0.3, 0.4) is 0 Å². The van der Waals surface area contributed by atoms with Gasteiger partial charge in [0.1, 0.15) is 6.29 Å². The molecule has 1 aliphatic heterocycles. The Bertz CT molecular complexity index is 135. The fourth-order valence-electron chi connectivity index (χ4n) is 1.09. The summed E-state index contributed by atoms with van der Waals surface area (Å²) in [6, 6.07) is -0.292. The molecule has 2 atom stereocenters. The average molecular weight is 162 g/mol. The first-order valence-corrected chi connectivity index (χ1v) is 3.52. The third-order valence-corrected chi connectivity index (χ3v) is 1.94. The zero-order chi connectivity index (χ0) is 7.56. The van der Waals surface area contributed by atoms with E-state index < -0.39 is 0 Å². The second-order valence-corrected chi connectivity index (χ2v) is 2.96. The number of halogens is 1. The van der Waals surface area contributed by atoms with Crippen molar-refractivity contribution in [2.45, 2.75) is 17.8 Å².